The Morgan fingerprint density at radius 3 is 2.41 bits per heavy atom. The summed E-state index contributed by atoms with van der Waals surface area (Å²) in [7, 11) is 0. The van der Waals surface area contributed by atoms with Crippen molar-refractivity contribution < 1.29 is 9.59 Å². The number of nitrogens with one attached hydrogen (secondary N) is 2. The van der Waals surface area contributed by atoms with Crippen LogP contribution in [0, 0.1) is 6.92 Å². The molecule has 1 aliphatic rings. The number of hydrogen-bond acceptors (Lipinski definition) is 3. The summed E-state index contributed by atoms with van der Waals surface area (Å²) < 4.78 is 0. The van der Waals surface area contributed by atoms with Crippen molar-refractivity contribution in [2.24, 2.45) is 0 Å². The summed E-state index contributed by atoms with van der Waals surface area (Å²) in [4.78, 5) is 26.9. The molecule has 29 heavy (non-hydrogen) atoms. The van der Waals surface area contributed by atoms with Gasteiger partial charge in [-0.3, -0.25) is 9.59 Å². The molecule has 0 heterocycles. The Balaban J connectivity index is 1.58. The van der Waals surface area contributed by atoms with E-state index in [0.717, 1.165) is 29.8 Å². The minimum absolute atomic E-state index is 0.0103. The molecule has 0 saturated heterocycles. The average molecular weight is 394 g/mol. The van der Waals surface area contributed by atoms with Crippen molar-refractivity contribution in [1.29, 1.82) is 0 Å². The first-order valence-corrected chi connectivity index (χ1v) is 10.6. The molecule has 1 fully saturated rings. The van der Waals surface area contributed by atoms with E-state index in [1.807, 2.05) is 62.4 Å². The van der Waals surface area contributed by atoms with Crippen molar-refractivity contribution in [2.75, 3.05) is 23.3 Å². The topological polar surface area (TPSA) is 61.4 Å². The number of amides is 2. The minimum atomic E-state index is -0.0103. The Morgan fingerprint density at radius 2 is 1.76 bits per heavy atom. The maximum Gasteiger partial charge on any atom is 0.251 e. The minimum Gasteiger partial charge on any atom is -0.376 e. The number of carbonyl (C=O) groups excluding carboxylic acids is 2. The van der Waals surface area contributed by atoms with Crippen LogP contribution in [0.4, 0.5) is 11.4 Å². The molecule has 2 aromatic rings. The number of anilines is 2. The Kier molecular flexibility index (Phi) is 7.28. The third kappa shape index (κ3) is 5.59. The fraction of sp³-hybridized carbons (Fsp3) is 0.417. The monoisotopic (exact) mass is 393 g/mol. The van der Waals surface area contributed by atoms with Gasteiger partial charge in [0.1, 0.15) is 0 Å². The van der Waals surface area contributed by atoms with Crippen LogP contribution in [0.1, 0.15) is 54.9 Å². The van der Waals surface area contributed by atoms with Crippen molar-refractivity contribution in [2.45, 2.75) is 52.0 Å². The lowest BCUT2D eigenvalue weighted by atomic mass is 9.95. The number of rotatable bonds is 7. The zero-order chi connectivity index (χ0) is 20.6. The van der Waals surface area contributed by atoms with Gasteiger partial charge in [0.25, 0.3) is 5.91 Å². The van der Waals surface area contributed by atoms with E-state index in [2.05, 4.69) is 10.6 Å². The molecule has 3 rings (SSSR count). The fourth-order valence-electron chi connectivity index (χ4n) is 3.90. The smallest absolute Gasteiger partial charge is 0.251 e. The van der Waals surface area contributed by atoms with E-state index in [0.29, 0.717) is 18.2 Å². The number of hydrogen-bond donors (Lipinski definition) is 2. The number of aryl methyl sites for hydroxylation is 1. The van der Waals surface area contributed by atoms with Crippen LogP contribution >= 0.6 is 0 Å². The third-order valence-electron chi connectivity index (χ3n) is 5.54. The highest BCUT2D eigenvalue weighted by Gasteiger charge is 2.17. The van der Waals surface area contributed by atoms with Crippen molar-refractivity contribution in [3.8, 4) is 0 Å². The molecule has 154 valence electrons. The molecule has 5 nitrogen and oxygen atoms in total. The van der Waals surface area contributed by atoms with Crippen LogP contribution in [0.2, 0.25) is 0 Å². The van der Waals surface area contributed by atoms with Gasteiger partial charge in [-0.15, -0.1) is 0 Å². The van der Waals surface area contributed by atoms with Crippen LogP contribution < -0.4 is 15.5 Å². The number of benzene rings is 2. The molecule has 0 unspecified atom stereocenters. The van der Waals surface area contributed by atoms with Gasteiger partial charge in [-0.25, -0.2) is 0 Å². The fourth-order valence-corrected chi connectivity index (χ4v) is 3.90. The largest absolute Gasteiger partial charge is 0.376 e. The first kappa shape index (κ1) is 20.9. The SMILES string of the molecule is CCN(C(=O)CNc1ccc(C(=O)NC2CCCCC2)cc1C)c1ccccc1. The van der Waals surface area contributed by atoms with E-state index < -0.39 is 0 Å². The molecular weight excluding hydrogens is 362 g/mol. The standard InChI is InChI=1S/C24H31N3O2/c1-3-27(21-12-8-5-9-13-21)23(28)17-25-22-15-14-19(16-18(22)2)24(29)26-20-10-6-4-7-11-20/h5,8-9,12-16,20,25H,3-4,6-7,10-11,17H2,1-2H3,(H,26,29). The van der Waals surface area contributed by atoms with Gasteiger partial charge in [-0.1, -0.05) is 37.5 Å². The summed E-state index contributed by atoms with van der Waals surface area (Å²) >= 11 is 0. The van der Waals surface area contributed by atoms with E-state index in [4.69, 9.17) is 0 Å². The summed E-state index contributed by atoms with van der Waals surface area (Å²) in [5.74, 6) is 0.00100. The average Bonchev–Trinajstić information content (AvgIpc) is 2.75. The molecule has 2 amide bonds. The van der Waals surface area contributed by atoms with Crippen LogP contribution in [0.3, 0.4) is 0 Å². The van der Waals surface area contributed by atoms with Crippen LogP contribution in [0.15, 0.2) is 48.5 Å². The molecule has 1 aliphatic carbocycles. The first-order chi connectivity index (χ1) is 14.1. The van der Waals surface area contributed by atoms with Gasteiger partial charge in [0, 0.05) is 29.5 Å². The molecule has 0 aromatic heterocycles. The second-order valence-electron chi connectivity index (χ2n) is 7.67. The highest BCUT2D eigenvalue weighted by Crippen LogP contribution is 2.20. The van der Waals surface area contributed by atoms with Crippen LogP contribution in [-0.2, 0) is 4.79 Å². The predicted molar refractivity (Wildman–Crippen MR) is 118 cm³/mol. The maximum atomic E-state index is 12.7. The Hall–Kier alpha value is -2.82. The molecule has 0 bridgehead atoms. The Morgan fingerprint density at radius 1 is 1.03 bits per heavy atom. The zero-order valence-electron chi connectivity index (χ0n) is 17.4. The second kappa shape index (κ2) is 10.1. The summed E-state index contributed by atoms with van der Waals surface area (Å²) in [6, 6.07) is 15.6. The molecule has 2 N–H and O–H groups in total. The van der Waals surface area contributed by atoms with Crippen molar-refractivity contribution in [3.05, 3.63) is 59.7 Å². The Bertz CT molecular complexity index is 829. The number of para-hydroxylation sites is 1. The van der Waals surface area contributed by atoms with Gasteiger partial charge >= 0.3 is 0 Å². The van der Waals surface area contributed by atoms with Gasteiger partial charge in [0.05, 0.1) is 6.54 Å². The lowest BCUT2D eigenvalue weighted by molar-refractivity contribution is -0.116. The van der Waals surface area contributed by atoms with Crippen LogP contribution in [-0.4, -0.2) is 30.9 Å². The van der Waals surface area contributed by atoms with E-state index >= 15 is 0 Å². The van der Waals surface area contributed by atoms with Crippen molar-refractivity contribution >= 4 is 23.2 Å². The number of likely N-dealkylation sites (N-methyl/N-ethyl adjacent to an activating group) is 1. The van der Waals surface area contributed by atoms with E-state index in [-0.39, 0.29) is 18.4 Å². The molecule has 0 spiro atoms. The van der Waals surface area contributed by atoms with Gasteiger partial charge in [-0.2, -0.15) is 0 Å². The summed E-state index contributed by atoms with van der Waals surface area (Å²) in [5.41, 5.74) is 3.39. The lowest BCUT2D eigenvalue weighted by Gasteiger charge is -2.23. The van der Waals surface area contributed by atoms with Gasteiger partial charge in [0.2, 0.25) is 5.91 Å². The normalized spacial score (nSPS) is 14.3. The maximum absolute atomic E-state index is 12.7. The summed E-state index contributed by atoms with van der Waals surface area (Å²) in [6.07, 6.45) is 5.80. The number of nitrogens with zero attached hydrogens (tertiary/aromatic N) is 1. The van der Waals surface area contributed by atoms with Gasteiger partial charge < -0.3 is 15.5 Å². The molecule has 5 heteroatoms. The molecular formula is C24H31N3O2. The van der Waals surface area contributed by atoms with Gasteiger partial charge in [-0.05, 0) is 62.6 Å². The van der Waals surface area contributed by atoms with Crippen LogP contribution in [0.5, 0.6) is 0 Å². The van der Waals surface area contributed by atoms with Crippen molar-refractivity contribution in [3.63, 3.8) is 0 Å². The highest BCUT2D eigenvalue weighted by atomic mass is 16.2. The quantitative estimate of drug-likeness (QED) is 0.727. The lowest BCUT2D eigenvalue weighted by Crippen LogP contribution is -2.36. The summed E-state index contributed by atoms with van der Waals surface area (Å²) in [6.45, 7) is 4.75. The molecule has 0 aliphatic heterocycles. The van der Waals surface area contributed by atoms with Crippen molar-refractivity contribution in [1.82, 2.24) is 5.32 Å². The Labute approximate surface area is 173 Å². The van der Waals surface area contributed by atoms with E-state index in [1.165, 1.54) is 19.3 Å². The first-order valence-electron chi connectivity index (χ1n) is 10.6. The molecule has 2 aromatic carbocycles. The molecule has 1 saturated carbocycles. The van der Waals surface area contributed by atoms with E-state index in [1.54, 1.807) is 4.90 Å². The van der Waals surface area contributed by atoms with Crippen LogP contribution in [0.25, 0.3) is 0 Å². The van der Waals surface area contributed by atoms with Gasteiger partial charge in [0.15, 0.2) is 0 Å². The third-order valence-corrected chi connectivity index (χ3v) is 5.54. The predicted octanol–water partition coefficient (Wildman–Crippen LogP) is 4.52. The number of carbonyl (C=O) groups is 2. The molecule has 0 atom stereocenters. The van der Waals surface area contributed by atoms with E-state index in [9.17, 15) is 9.59 Å². The molecule has 0 radical (unpaired) electrons. The zero-order valence-corrected chi connectivity index (χ0v) is 17.4. The highest BCUT2D eigenvalue weighted by molar-refractivity contribution is 5.97. The summed E-state index contributed by atoms with van der Waals surface area (Å²) in [5, 5.41) is 6.37. The second-order valence-corrected chi connectivity index (χ2v) is 7.67.